The van der Waals surface area contributed by atoms with Gasteiger partial charge in [-0.2, -0.15) is 0 Å². The summed E-state index contributed by atoms with van der Waals surface area (Å²) in [6.45, 7) is 6.04. The highest BCUT2D eigenvalue weighted by atomic mass is 16.5. The number of aromatic amines is 2. The Labute approximate surface area is 311 Å². The summed E-state index contributed by atoms with van der Waals surface area (Å²) in [6.07, 6.45) is 4.97. The number of hydrogen-bond acceptors (Lipinski definition) is 8. The van der Waals surface area contributed by atoms with Crippen LogP contribution in [0.1, 0.15) is 79.9 Å². The van der Waals surface area contributed by atoms with E-state index in [1.54, 1.807) is 7.11 Å². The van der Waals surface area contributed by atoms with Gasteiger partial charge in [-0.25, -0.2) is 0 Å². The monoisotopic (exact) mass is 722 g/mol. The molecule has 6 aliphatic rings. The van der Waals surface area contributed by atoms with Crippen molar-refractivity contribution in [2.75, 3.05) is 41.5 Å². The number of nitrogens with one attached hydrogen (secondary N) is 2. The zero-order chi connectivity index (χ0) is 36.9. The van der Waals surface area contributed by atoms with E-state index in [0.29, 0.717) is 25.3 Å². The van der Waals surface area contributed by atoms with Crippen molar-refractivity contribution in [3.8, 4) is 5.75 Å². The molecule has 282 valence electrons. The zero-order valence-corrected chi connectivity index (χ0v) is 31.9. The molecule has 6 heterocycles. The van der Waals surface area contributed by atoms with Crippen molar-refractivity contribution in [3.05, 3.63) is 64.5 Å². The van der Waals surface area contributed by atoms with Crippen LogP contribution in [0.2, 0.25) is 0 Å². The minimum absolute atomic E-state index is 0.0137. The Morgan fingerprint density at radius 1 is 0.962 bits per heavy atom. The number of H-pyrrole nitrogens is 2. The fourth-order valence-corrected chi connectivity index (χ4v) is 12.5. The van der Waals surface area contributed by atoms with Crippen LogP contribution in [0.4, 0.5) is 0 Å². The van der Waals surface area contributed by atoms with Crippen molar-refractivity contribution in [3.63, 3.8) is 0 Å². The number of aromatic nitrogens is 2. The summed E-state index contributed by atoms with van der Waals surface area (Å²) in [4.78, 5) is 40.9. The summed E-state index contributed by atoms with van der Waals surface area (Å²) in [6, 6.07) is 12.6. The van der Waals surface area contributed by atoms with Gasteiger partial charge in [0.2, 0.25) is 0 Å². The van der Waals surface area contributed by atoms with Crippen LogP contribution >= 0.6 is 0 Å². The number of likely N-dealkylation sites (N-methyl/N-ethyl adjacent to an activating group) is 1. The molecule has 0 amide bonds. The highest BCUT2D eigenvalue weighted by molar-refractivity contribution is 5.95. The molecule has 4 aliphatic heterocycles. The van der Waals surface area contributed by atoms with Gasteiger partial charge < -0.3 is 34.2 Å². The predicted molar refractivity (Wildman–Crippen MR) is 203 cm³/mol. The van der Waals surface area contributed by atoms with Gasteiger partial charge in [-0.1, -0.05) is 44.9 Å². The first kappa shape index (κ1) is 34.9. The van der Waals surface area contributed by atoms with Gasteiger partial charge in [0.15, 0.2) is 0 Å². The SMILES string of the molecule is CC[C@@H]1CN(C)[C@H]2Cc3c([nH]c4ccccc34)[C@@H](c3c(OC)ccc4c5c([nH]c34)[C@]3(C(=O)OC)C[C@H]4C[C@H](CC)[C@@H]3N(CC5)[C@@H]4O)C[C@@H]1[C@@H]2C(=O)OC. The molecular formula is C43H54N4O6. The van der Waals surface area contributed by atoms with E-state index in [9.17, 15) is 14.7 Å². The number of likely N-dealkylation sites (tertiary alicyclic amines) is 1. The van der Waals surface area contributed by atoms with Crippen molar-refractivity contribution in [2.45, 2.75) is 88.4 Å². The Balaban J connectivity index is 1.31. The van der Waals surface area contributed by atoms with Crippen molar-refractivity contribution in [1.82, 2.24) is 19.8 Å². The van der Waals surface area contributed by atoms with Crippen molar-refractivity contribution in [1.29, 1.82) is 0 Å². The Morgan fingerprint density at radius 3 is 2.49 bits per heavy atom. The summed E-state index contributed by atoms with van der Waals surface area (Å²) in [5.74, 6) is 0.665. The first-order valence-electron chi connectivity index (χ1n) is 19.8. The molecule has 3 N–H and O–H groups in total. The van der Waals surface area contributed by atoms with Crippen molar-refractivity contribution >= 4 is 33.7 Å². The summed E-state index contributed by atoms with van der Waals surface area (Å²) in [7, 11) is 6.94. The molecular weight excluding hydrogens is 668 g/mol. The number of methoxy groups -OCH3 is 3. The number of nitrogens with zero attached hydrogens (tertiary/aromatic N) is 2. The van der Waals surface area contributed by atoms with Crippen LogP contribution in [-0.4, -0.2) is 96.6 Å². The van der Waals surface area contributed by atoms with Gasteiger partial charge in [0.05, 0.1) is 32.8 Å². The van der Waals surface area contributed by atoms with Crippen LogP contribution in [-0.2, 0) is 37.3 Å². The van der Waals surface area contributed by atoms with E-state index in [0.717, 1.165) is 77.6 Å². The predicted octanol–water partition coefficient (Wildman–Crippen LogP) is 5.89. The number of aliphatic hydroxyl groups is 1. The van der Waals surface area contributed by atoms with Gasteiger partial charge >= 0.3 is 11.9 Å². The Morgan fingerprint density at radius 2 is 1.75 bits per heavy atom. The maximum absolute atomic E-state index is 14.4. The molecule has 10 nitrogen and oxygen atoms in total. The zero-order valence-electron chi connectivity index (χ0n) is 31.9. The number of carbonyl (C=O) groups is 2. The lowest BCUT2D eigenvalue weighted by atomic mass is 9.56. The third-order valence-electron chi connectivity index (χ3n) is 14.7. The lowest BCUT2D eigenvalue weighted by Crippen LogP contribution is -2.70. The molecule has 53 heavy (non-hydrogen) atoms. The van der Waals surface area contributed by atoms with Crippen LogP contribution in [0.3, 0.4) is 0 Å². The number of rotatable bonds is 6. The summed E-state index contributed by atoms with van der Waals surface area (Å²) < 4.78 is 17.6. The first-order valence-corrected chi connectivity index (χ1v) is 19.8. The summed E-state index contributed by atoms with van der Waals surface area (Å²) in [5.41, 5.74) is 6.70. The molecule has 1 saturated carbocycles. The Kier molecular flexibility index (Phi) is 8.48. The van der Waals surface area contributed by atoms with Crippen molar-refractivity contribution in [2.24, 2.45) is 29.6 Å². The highest BCUT2D eigenvalue weighted by Crippen LogP contribution is 2.58. The molecule has 0 spiro atoms. The number of para-hydroxylation sites is 1. The maximum Gasteiger partial charge on any atom is 0.319 e. The molecule has 2 aromatic heterocycles. The standard InChI is InChI=1S/C43H54N4O6/c1-7-22-17-24-20-43(42(50)53-6)38-27(15-16-47(39(22)43)40(24)48)26-13-14-33(51-4)35(37(26)45-38)30-18-28-23(8-2)21-46(3)32(34(28)41(49)52-5)19-29-25-11-9-10-12-31(25)44-36(29)30/h9-14,22-24,28,30,32,34,39-40,44-45,48H,7-8,15-21H2,1-6H3/t22-,23+,24+,28-,30+,32-,34-,39-,40+,43+/m0/s1. The Bertz CT molecular complexity index is 2090. The quantitative estimate of drug-likeness (QED) is 0.211. The third-order valence-corrected chi connectivity index (χ3v) is 14.7. The molecule has 10 rings (SSSR count). The van der Waals surface area contributed by atoms with Crippen LogP contribution in [0.15, 0.2) is 36.4 Å². The fourth-order valence-electron chi connectivity index (χ4n) is 12.5. The molecule has 0 radical (unpaired) electrons. The number of fused-ring (bicyclic) bond motifs is 9. The van der Waals surface area contributed by atoms with Gasteiger partial charge in [0.25, 0.3) is 0 Å². The Hall–Kier alpha value is -3.86. The van der Waals surface area contributed by atoms with E-state index in [1.807, 2.05) is 0 Å². The summed E-state index contributed by atoms with van der Waals surface area (Å²) >= 11 is 0. The average Bonchev–Trinajstić information content (AvgIpc) is 3.70. The van der Waals surface area contributed by atoms with E-state index in [4.69, 9.17) is 14.2 Å². The number of ether oxygens (including phenoxy) is 3. The van der Waals surface area contributed by atoms with Gasteiger partial charge in [-0.05, 0) is 86.2 Å². The molecule has 2 aromatic carbocycles. The van der Waals surface area contributed by atoms with Gasteiger partial charge in [0.1, 0.15) is 17.4 Å². The molecule has 11 atom stereocenters. The second kappa shape index (κ2) is 12.9. The number of hydrogen-bond donors (Lipinski definition) is 3. The third kappa shape index (κ3) is 4.80. The van der Waals surface area contributed by atoms with Gasteiger partial charge in [0, 0.05) is 70.2 Å². The topological polar surface area (TPSA) is 120 Å². The van der Waals surface area contributed by atoms with E-state index in [1.165, 1.54) is 30.9 Å². The van der Waals surface area contributed by atoms with E-state index in [-0.39, 0.29) is 53.6 Å². The fraction of sp³-hybridized carbons (Fsp3) is 0.581. The molecule has 1 unspecified atom stereocenters. The van der Waals surface area contributed by atoms with Crippen LogP contribution in [0, 0.1) is 29.6 Å². The molecule has 2 aliphatic carbocycles. The minimum Gasteiger partial charge on any atom is -0.496 e. The van der Waals surface area contributed by atoms with Gasteiger partial charge in [-0.3, -0.25) is 14.5 Å². The number of piperidine rings is 3. The molecule has 10 heteroatoms. The average molecular weight is 723 g/mol. The number of aliphatic hydroxyl groups excluding tert-OH is 1. The lowest BCUT2D eigenvalue weighted by molar-refractivity contribution is -0.196. The van der Waals surface area contributed by atoms with Crippen molar-refractivity contribution < 1.29 is 28.9 Å². The molecule has 3 saturated heterocycles. The van der Waals surface area contributed by atoms with Crippen LogP contribution < -0.4 is 4.74 Å². The number of carbonyl (C=O) groups excluding carboxylic acids is 2. The normalized spacial score (nSPS) is 34.8. The summed E-state index contributed by atoms with van der Waals surface area (Å²) in [5, 5.41) is 13.8. The van der Waals surface area contributed by atoms with E-state index in [2.05, 4.69) is 77.1 Å². The van der Waals surface area contributed by atoms with Crippen LogP contribution in [0.5, 0.6) is 5.75 Å². The molecule has 4 fully saturated rings. The first-order chi connectivity index (χ1) is 25.7. The smallest absolute Gasteiger partial charge is 0.319 e. The molecule has 4 aromatic rings. The number of benzene rings is 2. The van der Waals surface area contributed by atoms with Gasteiger partial charge in [-0.15, -0.1) is 0 Å². The largest absolute Gasteiger partial charge is 0.496 e. The van der Waals surface area contributed by atoms with E-state index >= 15 is 0 Å². The highest BCUT2D eigenvalue weighted by Gasteiger charge is 2.65. The lowest BCUT2D eigenvalue weighted by Gasteiger charge is -2.59. The van der Waals surface area contributed by atoms with E-state index < -0.39 is 11.6 Å². The second-order valence-electron chi connectivity index (χ2n) is 16.7. The minimum atomic E-state index is -0.926. The second-order valence-corrected chi connectivity index (χ2v) is 16.7. The number of esters is 2. The maximum atomic E-state index is 14.4. The molecule has 6 bridgehead atoms. The van der Waals surface area contributed by atoms with Crippen LogP contribution in [0.25, 0.3) is 21.8 Å².